The summed E-state index contributed by atoms with van der Waals surface area (Å²) in [5, 5.41) is 16.6. The zero-order valence-corrected chi connectivity index (χ0v) is 12.4. The third kappa shape index (κ3) is 6.29. The van der Waals surface area contributed by atoms with Crippen LogP contribution in [0, 0.1) is 5.92 Å². The Kier molecular flexibility index (Phi) is 6.71. The topological polar surface area (TPSA) is 108 Å². The van der Waals surface area contributed by atoms with Crippen molar-refractivity contribution in [2.75, 3.05) is 6.54 Å². The quantitative estimate of drug-likeness (QED) is 0.599. The van der Waals surface area contributed by atoms with Gasteiger partial charge in [0.25, 0.3) is 0 Å². The summed E-state index contributed by atoms with van der Waals surface area (Å²) in [7, 11) is 0. The lowest BCUT2D eigenvalue weighted by Gasteiger charge is -2.23. The van der Waals surface area contributed by atoms with Crippen LogP contribution in [0.3, 0.4) is 0 Å². The number of carboxylic acid groups (broad SMARTS) is 1. The molecule has 0 radical (unpaired) electrons. The van der Waals surface area contributed by atoms with Crippen LogP contribution < -0.4 is 16.0 Å². The van der Waals surface area contributed by atoms with Gasteiger partial charge in [0.15, 0.2) is 0 Å². The van der Waals surface area contributed by atoms with Gasteiger partial charge < -0.3 is 21.1 Å². The first-order valence-corrected chi connectivity index (χ1v) is 7.16. The molecule has 0 unspecified atom stereocenters. The van der Waals surface area contributed by atoms with E-state index in [-0.39, 0.29) is 23.8 Å². The molecule has 7 heteroatoms. The smallest absolute Gasteiger partial charge is 0.405 e. The maximum absolute atomic E-state index is 12.2. The first kappa shape index (κ1) is 17.0. The number of hydrogen-bond acceptors (Lipinski definition) is 3. The van der Waals surface area contributed by atoms with E-state index in [1.54, 1.807) is 6.08 Å². The molecule has 1 heterocycles. The van der Waals surface area contributed by atoms with Crippen LogP contribution in [-0.4, -0.2) is 41.6 Å². The molecule has 3 amide bonds. The third-order valence-electron chi connectivity index (χ3n) is 3.32. The van der Waals surface area contributed by atoms with Crippen molar-refractivity contribution in [1.82, 2.24) is 16.0 Å². The van der Waals surface area contributed by atoms with Crippen molar-refractivity contribution < 1.29 is 19.5 Å². The fraction of sp³-hybridized carbons (Fsp3) is 0.643. The first-order chi connectivity index (χ1) is 9.90. The number of nitrogens with one attached hydrogen (secondary N) is 3. The van der Waals surface area contributed by atoms with Gasteiger partial charge in [0.2, 0.25) is 11.8 Å². The second-order valence-electron chi connectivity index (χ2n) is 5.43. The van der Waals surface area contributed by atoms with Crippen molar-refractivity contribution in [3.05, 3.63) is 12.2 Å². The molecule has 21 heavy (non-hydrogen) atoms. The van der Waals surface area contributed by atoms with Gasteiger partial charge in [-0.05, 0) is 25.2 Å². The van der Waals surface area contributed by atoms with Gasteiger partial charge in [0.05, 0.1) is 0 Å². The standard InChI is InChI=1S/C14H23N3O4/c1-9(2)10-6-7-12(18)15-8-4-3-5-11(13(19)16-10)17-14(20)21/h6-7,9-11,17H,3-5,8H2,1-2H3,(H,15,18)(H,16,19)(H,20,21)/b7-6+/t10-,11+/m1/s1. The van der Waals surface area contributed by atoms with E-state index in [0.29, 0.717) is 25.8 Å². The van der Waals surface area contributed by atoms with Crippen LogP contribution in [0.4, 0.5) is 4.79 Å². The molecular formula is C14H23N3O4. The van der Waals surface area contributed by atoms with E-state index < -0.39 is 12.1 Å². The molecule has 1 aliphatic rings. The molecular weight excluding hydrogens is 274 g/mol. The van der Waals surface area contributed by atoms with Gasteiger partial charge in [-0.2, -0.15) is 0 Å². The molecule has 7 nitrogen and oxygen atoms in total. The van der Waals surface area contributed by atoms with E-state index in [0.717, 1.165) is 0 Å². The highest BCUT2D eigenvalue weighted by atomic mass is 16.4. The summed E-state index contributed by atoms with van der Waals surface area (Å²) in [6.45, 7) is 4.34. The van der Waals surface area contributed by atoms with Crippen molar-refractivity contribution in [3.63, 3.8) is 0 Å². The van der Waals surface area contributed by atoms with Gasteiger partial charge in [-0.15, -0.1) is 0 Å². The highest BCUT2D eigenvalue weighted by Gasteiger charge is 2.23. The lowest BCUT2D eigenvalue weighted by molar-refractivity contribution is -0.124. The first-order valence-electron chi connectivity index (χ1n) is 7.16. The van der Waals surface area contributed by atoms with Gasteiger partial charge in [-0.1, -0.05) is 19.9 Å². The number of carbonyl (C=O) groups excluding carboxylic acids is 2. The predicted octanol–water partition coefficient (Wildman–Crippen LogP) is 0.620. The largest absolute Gasteiger partial charge is 0.465 e. The summed E-state index contributed by atoms with van der Waals surface area (Å²) < 4.78 is 0. The van der Waals surface area contributed by atoms with Crippen LogP contribution in [0.25, 0.3) is 0 Å². The Morgan fingerprint density at radius 2 is 2.10 bits per heavy atom. The number of rotatable bonds is 2. The van der Waals surface area contributed by atoms with Crippen molar-refractivity contribution in [1.29, 1.82) is 0 Å². The maximum atomic E-state index is 12.2. The van der Waals surface area contributed by atoms with Crippen molar-refractivity contribution in [2.24, 2.45) is 5.92 Å². The number of hydrogen-bond donors (Lipinski definition) is 4. The zero-order valence-electron chi connectivity index (χ0n) is 12.4. The average Bonchev–Trinajstić information content (AvgIpc) is 2.39. The average molecular weight is 297 g/mol. The van der Waals surface area contributed by atoms with Crippen LogP contribution in [0.1, 0.15) is 33.1 Å². The molecule has 118 valence electrons. The Morgan fingerprint density at radius 1 is 1.38 bits per heavy atom. The van der Waals surface area contributed by atoms with Crippen LogP contribution in [0.5, 0.6) is 0 Å². The van der Waals surface area contributed by atoms with Crippen molar-refractivity contribution >= 4 is 17.9 Å². The summed E-state index contributed by atoms with van der Waals surface area (Å²) >= 11 is 0. The second kappa shape index (κ2) is 8.28. The Balaban J connectivity index is 2.85. The summed E-state index contributed by atoms with van der Waals surface area (Å²) in [4.78, 5) is 34.5. The summed E-state index contributed by atoms with van der Waals surface area (Å²) in [6.07, 6.45) is 3.58. The fourth-order valence-corrected chi connectivity index (χ4v) is 2.05. The molecule has 0 spiro atoms. The van der Waals surface area contributed by atoms with E-state index in [4.69, 9.17) is 5.11 Å². The fourth-order valence-electron chi connectivity index (χ4n) is 2.05. The maximum Gasteiger partial charge on any atom is 0.405 e. The lowest BCUT2D eigenvalue weighted by atomic mass is 10.0. The minimum atomic E-state index is -1.22. The van der Waals surface area contributed by atoms with E-state index in [9.17, 15) is 14.4 Å². The van der Waals surface area contributed by atoms with Crippen molar-refractivity contribution in [3.8, 4) is 0 Å². The summed E-state index contributed by atoms with van der Waals surface area (Å²) in [5.74, 6) is -0.455. The Labute approximate surface area is 124 Å². The highest BCUT2D eigenvalue weighted by Crippen LogP contribution is 2.07. The predicted molar refractivity (Wildman–Crippen MR) is 77.7 cm³/mol. The van der Waals surface area contributed by atoms with Gasteiger partial charge >= 0.3 is 6.09 Å². The van der Waals surface area contributed by atoms with E-state index in [1.807, 2.05) is 13.8 Å². The van der Waals surface area contributed by atoms with E-state index >= 15 is 0 Å². The molecule has 0 aromatic heterocycles. The number of amides is 3. The monoisotopic (exact) mass is 297 g/mol. The van der Waals surface area contributed by atoms with Gasteiger partial charge in [0, 0.05) is 18.7 Å². The Hall–Kier alpha value is -2.05. The minimum absolute atomic E-state index is 0.0893. The lowest BCUT2D eigenvalue weighted by Crippen LogP contribution is -2.50. The zero-order chi connectivity index (χ0) is 15.8. The molecule has 0 bridgehead atoms. The molecule has 2 atom stereocenters. The Morgan fingerprint density at radius 3 is 2.71 bits per heavy atom. The second-order valence-corrected chi connectivity index (χ2v) is 5.43. The molecule has 0 aromatic rings. The molecule has 1 aliphatic heterocycles. The number of carbonyl (C=O) groups is 3. The molecule has 0 aromatic carbocycles. The van der Waals surface area contributed by atoms with Gasteiger partial charge in [-0.25, -0.2) is 4.79 Å². The van der Waals surface area contributed by atoms with Gasteiger partial charge in [-0.3, -0.25) is 9.59 Å². The molecule has 0 saturated heterocycles. The summed E-state index contributed by atoms with van der Waals surface area (Å²) in [5.41, 5.74) is 0. The minimum Gasteiger partial charge on any atom is -0.465 e. The third-order valence-corrected chi connectivity index (χ3v) is 3.32. The van der Waals surface area contributed by atoms with Crippen LogP contribution >= 0.6 is 0 Å². The Bertz CT molecular complexity index is 420. The van der Waals surface area contributed by atoms with Crippen molar-refractivity contribution in [2.45, 2.75) is 45.2 Å². The van der Waals surface area contributed by atoms with Crippen LogP contribution in [-0.2, 0) is 9.59 Å². The van der Waals surface area contributed by atoms with E-state index in [2.05, 4.69) is 16.0 Å². The molecule has 0 saturated carbocycles. The normalized spacial score (nSPS) is 26.0. The SMILES string of the molecule is CC(C)[C@H]1/C=C/C(=O)NCCCC[C@H](NC(=O)O)C(=O)N1. The highest BCUT2D eigenvalue weighted by molar-refractivity contribution is 5.88. The van der Waals surface area contributed by atoms with Crippen LogP contribution in [0.2, 0.25) is 0 Å². The molecule has 4 N–H and O–H groups in total. The molecule has 0 aliphatic carbocycles. The molecule has 0 fully saturated rings. The van der Waals surface area contributed by atoms with Crippen LogP contribution in [0.15, 0.2) is 12.2 Å². The summed E-state index contributed by atoms with van der Waals surface area (Å²) in [6, 6.07) is -1.09. The van der Waals surface area contributed by atoms with E-state index in [1.165, 1.54) is 6.08 Å². The molecule has 1 rings (SSSR count). The van der Waals surface area contributed by atoms with Gasteiger partial charge in [0.1, 0.15) is 6.04 Å².